The topological polar surface area (TPSA) is 61.8 Å². The van der Waals surface area contributed by atoms with E-state index in [1.54, 1.807) is 30.2 Å². The Labute approximate surface area is 145 Å². The van der Waals surface area contributed by atoms with Crippen LogP contribution in [-0.4, -0.2) is 36.3 Å². The Morgan fingerprint density at radius 2 is 2.17 bits per heavy atom. The fourth-order valence-corrected chi connectivity index (χ4v) is 3.17. The molecule has 2 amide bonds. The van der Waals surface area contributed by atoms with E-state index in [9.17, 15) is 9.90 Å². The van der Waals surface area contributed by atoms with E-state index in [4.69, 9.17) is 16.3 Å². The van der Waals surface area contributed by atoms with Gasteiger partial charge in [0.15, 0.2) is 0 Å². The average Bonchev–Trinajstić information content (AvgIpc) is 2.62. The predicted octanol–water partition coefficient (Wildman–Crippen LogP) is 3.47. The lowest BCUT2D eigenvalue weighted by molar-refractivity contribution is 0.135. The van der Waals surface area contributed by atoms with Gasteiger partial charge in [0.2, 0.25) is 0 Å². The molecule has 0 spiro atoms. The number of hydrogen-bond acceptors (Lipinski definition) is 3. The Bertz CT molecular complexity index is 751. The highest BCUT2D eigenvalue weighted by atomic mass is 35.5. The van der Waals surface area contributed by atoms with Gasteiger partial charge >= 0.3 is 6.03 Å². The molecule has 0 aliphatic carbocycles. The van der Waals surface area contributed by atoms with Crippen molar-refractivity contribution in [2.45, 2.75) is 12.5 Å². The van der Waals surface area contributed by atoms with Crippen molar-refractivity contribution in [3.05, 3.63) is 58.6 Å². The lowest BCUT2D eigenvalue weighted by Crippen LogP contribution is -2.43. The summed E-state index contributed by atoms with van der Waals surface area (Å²) in [6.07, 6.45) is 0.756. The maximum atomic E-state index is 12.7. The molecule has 1 heterocycles. The first-order valence-electron chi connectivity index (χ1n) is 7.74. The summed E-state index contributed by atoms with van der Waals surface area (Å²) in [4.78, 5) is 14.3. The van der Waals surface area contributed by atoms with Gasteiger partial charge in [-0.25, -0.2) is 4.79 Å². The number of anilines is 1. The third-order valence-corrected chi connectivity index (χ3v) is 4.59. The molecule has 3 rings (SSSR count). The number of benzene rings is 2. The van der Waals surface area contributed by atoms with E-state index in [-0.39, 0.29) is 18.7 Å². The Hall–Kier alpha value is -2.24. The van der Waals surface area contributed by atoms with Crippen molar-refractivity contribution in [2.75, 3.05) is 25.6 Å². The highest BCUT2D eigenvalue weighted by Gasteiger charge is 2.30. The molecule has 6 heteroatoms. The van der Waals surface area contributed by atoms with Crippen LogP contribution in [0.2, 0.25) is 5.02 Å². The molecule has 2 aromatic rings. The number of hydrogen-bond donors (Lipinski definition) is 2. The van der Waals surface area contributed by atoms with Crippen LogP contribution in [0.25, 0.3) is 0 Å². The number of nitrogens with one attached hydrogen (secondary N) is 1. The van der Waals surface area contributed by atoms with Crippen LogP contribution >= 0.6 is 11.6 Å². The molecule has 126 valence electrons. The second kappa shape index (κ2) is 7.11. The number of rotatable bonds is 3. The third-order valence-electron chi connectivity index (χ3n) is 4.26. The summed E-state index contributed by atoms with van der Waals surface area (Å²) in [6.45, 7) is 0.409. The standard InChI is InChI=1S/C18H19ClN2O3/c1-24-13-6-7-15(19)16(10-13)20-18(23)21-9-8-12-4-2-3-5-14(12)17(21)11-22/h2-7,10,17,22H,8-9,11H2,1H3,(H,20,23). The zero-order chi connectivity index (χ0) is 17.1. The lowest BCUT2D eigenvalue weighted by Gasteiger charge is -2.36. The zero-order valence-electron chi connectivity index (χ0n) is 13.3. The molecule has 24 heavy (non-hydrogen) atoms. The number of carbonyl (C=O) groups excluding carboxylic acids is 1. The summed E-state index contributed by atoms with van der Waals surface area (Å²) >= 11 is 6.15. The number of nitrogens with zero attached hydrogens (tertiary/aromatic N) is 1. The highest BCUT2D eigenvalue weighted by Crippen LogP contribution is 2.31. The Morgan fingerprint density at radius 3 is 2.92 bits per heavy atom. The molecule has 1 aliphatic rings. The van der Waals surface area contributed by atoms with Crippen LogP contribution in [0.1, 0.15) is 17.2 Å². The molecule has 1 unspecified atom stereocenters. The van der Waals surface area contributed by atoms with Gasteiger partial charge in [0.25, 0.3) is 0 Å². The van der Waals surface area contributed by atoms with Gasteiger partial charge in [0.1, 0.15) is 5.75 Å². The summed E-state index contributed by atoms with van der Waals surface area (Å²) in [5, 5.41) is 13.0. The summed E-state index contributed by atoms with van der Waals surface area (Å²) in [7, 11) is 1.55. The monoisotopic (exact) mass is 346 g/mol. The predicted molar refractivity (Wildman–Crippen MR) is 93.7 cm³/mol. The van der Waals surface area contributed by atoms with Crippen LogP contribution in [0.4, 0.5) is 10.5 Å². The zero-order valence-corrected chi connectivity index (χ0v) is 14.1. The Balaban J connectivity index is 1.83. The van der Waals surface area contributed by atoms with Crippen LogP contribution in [0.15, 0.2) is 42.5 Å². The number of amides is 2. The molecule has 0 saturated carbocycles. The van der Waals surface area contributed by atoms with Gasteiger partial charge in [-0.3, -0.25) is 0 Å². The first kappa shape index (κ1) is 16.6. The van der Waals surface area contributed by atoms with Crippen molar-refractivity contribution >= 4 is 23.3 Å². The van der Waals surface area contributed by atoms with Crippen molar-refractivity contribution in [1.29, 1.82) is 0 Å². The number of halogens is 1. The van der Waals surface area contributed by atoms with E-state index in [0.29, 0.717) is 23.0 Å². The number of ether oxygens (including phenoxy) is 1. The molecule has 0 bridgehead atoms. The minimum Gasteiger partial charge on any atom is -0.497 e. The van der Waals surface area contributed by atoms with Crippen molar-refractivity contribution in [3.8, 4) is 5.75 Å². The number of aliphatic hydroxyl groups is 1. The van der Waals surface area contributed by atoms with E-state index in [1.807, 2.05) is 24.3 Å². The van der Waals surface area contributed by atoms with Gasteiger partial charge < -0.3 is 20.1 Å². The van der Waals surface area contributed by atoms with Gasteiger partial charge in [-0.15, -0.1) is 0 Å². The van der Waals surface area contributed by atoms with Crippen LogP contribution in [-0.2, 0) is 6.42 Å². The molecule has 5 nitrogen and oxygen atoms in total. The molecule has 0 saturated heterocycles. The normalized spacial score (nSPS) is 16.5. The van der Waals surface area contributed by atoms with Crippen LogP contribution < -0.4 is 10.1 Å². The molecule has 0 radical (unpaired) electrons. The van der Waals surface area contributed by atoms with Crippen molar-refractivity contribution in [2.24, 2.45) is 0 Å². The molecular formula is C18H19ClN2O3. The number of fused-ring (bicyclic) bond motifs is 1. The van der Waals surface area contributed by atoms with E-state index in [1.165, 1.54) is 5.56 Å². The molecule has 2 aromatic carbocycles. The largest absolute Gasteiger partial charge is 0.497 e. The Kier molecular flexibility index (Phi) is 4.92. The van der Waals surface area contributed by atoms with Gasteiger partial charge in [-0.1, -0.05) is 35.9 Å². The van der Waals surface area contributed by atoms with Crippen LogP contribution in [0.3, 0.4) is 0 Å². The van der Waals surface area contributed by atoms with Crippen molar-refractivity contribution in [3.63, 3.8) is 0 Å². The summed E-state index contributed by atoms with van der Waals surface area (Å²) in [5.41, 5.74) is 2.63. The quantitative estimate of drug-likeness (QED) is 0.894. The second-order valence-electron chi connectivity index (χ2n) is 5.62. The molecule has 1 atom stereocenters. The minimum atomic E-state index is -0.362. The van der Waals surface area contributed by atoms with Crippen LogP contribution in [0.5, 0.6) is 5.75 Å². The number of urea groups is 1. The van der Waals surface area contributed by atoms with Gasteiger partial charge in [-0.05, 0) is 29.7 Å². The van der Waals surface area contributed by atoms with E-state index in [2.05, 4.69) is 5.32 Å². The fraction of sp³-hybridized carbons (Fsp3) is 0.278. The smallest absolute Gasteiger partial charge is 0.322 e. The Morgan fingerprint density at radius 1 is 1.38 bits per heavy atom. The minimum absolute atomic E-state index is 0.129. The lowest BCUT2D eigenvalue weighted by atomic mass is 9.93. The molecule has 2 N–H and O–H groups in total. The summed E-state index contributed by atoms with van der Waals surface area (Å²) < 4.78 is 5.16. The maximum Gasteiger partial charge on any atom is 0.322 e. The van der Waals surface area contributed by atoms with Crippen LogP contribution in [0, 0.1) is 0 Å². The van der Waals surface area contributed by atoms with Crippen molar-refractivity contribution < 1.29 is 14.6 Å². The van der Waals surface area contributed by atoms with Gasteiger partial charge in [0, 0.05) is 12.6 Å². The molecule has 1 aliphatic heterocycles. The van der Waals surface area contributed by atoms with E-state index in [0.717, 1.165) is 12.0 Å². The second-order valence-corrected chi connectivity index (χ2v) is 6.02. The van der Waals surface area contributed by atoms with E-state index < -0.39 is 0 Å². The molecule has 0 fully saturated rings. The van der Waals surface area contributed by atoms with E-state index >= 15 is 0 Å². The van der Waals surface area contributed by atoms with Gasteiger partial charge in [-0.2, -0.15) is 0 Å². The first-order chi connectivity index (χ1) is 11.6. The highest BCUT2D eigenvalue weighted by molar-refractivity contribution is 6.33. The van der Waals surface area contributed by atoms with Crippen molar-refractivity contribution in [1.82, 2.24) is 4.90 Å². The number of aliphatic hydroxyl groups excluding tert-OH is 1. The number of carbonyl (C=O) groups is 1. The first-order valence-corrected chi connectivity index (χ1v) is 8.11. The summed E-state index contributed by atoms with van der Waals surface area (Å²) in [5.74, 6) is 0.609. The SMILES string of the molecule is COc1ccc(Cl)c(NC(=O)N2CCc3ccccc3C2CO)c1. The summed E-state index contributed by atoms with van der Waals surface area (Å²) in [6, 6.07) is 12.3. The third kappa shape index (κ3) is 3.18. The maximum absolute atomic E-state index is 12.7. The fourth-order valence-electron chi connectivity index (χ4n) is 3.01. The molecular weight excluding hydrogens is 328 g/mol. The molecule has 0 aromatic heterocycles. The average molecular weight is 347 g/mol. The number of methoxy groups -OCH3 is 1. The van der Waals surface area contributed by atoms with Gasteiger partial charge in [0.05, 0.1) is 30.5 Å².